The molecular weight excluding hydrogens is 244 g/mol. The fraction of sp³-hybridized carbons (Fsp3) is 0.100. The minimum absolute atomic E-state index is 0.633. The first-order valence-corrected chi connectivity index (χ1v) is 4.89. The van der Waals surface area contributed by atoms with Crippen LogP contribution in [-0.4, -0.2) is 12.1 Å². The summed E-state index contributed by atoms with van der Waals surface area (Å²) in [6.07, 6.45) is 1.63. The van der Waals surface area contributed by atoms with Gasteiger partial charge in [0.05, 0.1) is 24.5 Å². The molecule has 0 bridgehead atoms. The van der Waals surface area contributed by atoms with Gasteiger partial charge in [0.2, 0.25) is 0 Å². The van der Waals surface area contributed by atoms with E-state index in [1.165, 1.54) is 0 Å². The molecule has 0 aliphatic rings. The minimum Gasteiger partial charge on any atom is -0.496 e. The molecule has 0 aliphatic heterocycles. The van der Waals surface area contributed by atoms with Crippen LogP contribution in [0.5, 0.6) is 5.75 Å². The van der Waals surface area contributed by atoms with E-state index in [1.807, 2.05) is 18.2 Å². The normalized spacial score (nSPS) is 10.4. The van der Waals surface area contributed by atoms with Crippen molar-refractivity contribution in [3.05, 3.63) is 28.9 Å². The Bertz CT molecular complexity index is 485. The predicted octanol–water partition coefficient (Wildman–Crippen LogP) is 2.59. The Hall–Kier alpha value is -1.29. The highest BCUT2D eigenvalue weighted by molar-refractivity contribution is 9.10. The van der Waals surface area contributed by atoms with E-state index in [9.17, 15) is 0 Å². The zero-order valence-electron chi connectivity index (χ0n) is 7.62. The monoisotopic (exact) mass is 252 g/mol. The molecule has 2 N–H and O–H groups in total. The van der Waals surface area contributed by atoms with Crippen molar-refractivity contribution in [1.29, 1.82) is 0 Å². The van der Waals surface area contributed by atoms with Gasteiger partial charge in [0.15, 0.2) is 0 Å². The summed E-state index contributed by atoms with van der Waals surface area (Å²) in [4.78, 5) is 4.24. The van der Waals surface area contributed by atoms with Gasteiger partial charge < -0.3 is 10.5 Å². The van der Waals surface area contributed by atoms with E-state index in [-0.39, 0.29) is 0 Å². The van der Waals surface area contributed by atoms with E-state index in [1.54, 1.807) is 13.3 Å². The summed E-state index contributed by atoms with van der Waals surface area (Å²) in [6.45, 7) is 0. The zero-order chi connectivity index (χ0) is 10.1. The highest BCUT2D eigenvalue weighted by Gasteiger charge is 2.05. The van der Waals surface area contributed by atoms with Gasteiger partial charge in [-0.2, -0.15) is 0 Å². The molecular formula is C10H9BrN2O. The van der Waals surface area contributed by atoms with Crippen molar-refractivity contribution in [2.24, 2.45) is 0 Å². The van der Waals surface area contributed by atoms with E-state index in [0.29, 0.717) is 5.69 Å². The number of aromatic nitrogens is 1. The Morgan fingerprint density at radius 3 is 2.93 bits per heavy atom. The van der Waals surface area contributed by atoms with Gasteiger partial charge in [-0.3, -0.25) is 4.98 Å². The summed E-state index contributed by atoms with van der Waals surface area (Å²) in [5.41, 5.74) is 7.16. The van der Waals surface area contributed by atoms with Crippen LogP contribution in [0.1, 0.15) is 0 Å². The maximum Gasteiger partial charge on any atom is 0.128 e. The second-order valence-corrected chi connectivity index (χ2v) is 3.77. The first-order chi connectivity index (χ1) is 6.72. The largest absolute Gasteiger partial charge is 0.496 e. The zero-order valence-corrected chi connectivity index (χ0v) is 9.21. The van der Waals surface area contributed by atoms with Gasteiger partial charge in [-0.25, -0.2) is 0 Å². The quantitative estimate of drug-likeness (QED) is 0.849. The number of ether oxygens (including phenoxy) is 1. The Balaban J connectivity index is 2.85. The van der Waals surface area contributed by atoms with Crippen molar-refractivity contribution in [3.8, 4) is 5.75 Å². The summed E-state index contributed by atoms with van der Waals surface area (Å²) in [5.74, 6) is 0.781. The van der Waals surface area contributed by atoms with Crippen LogP contribution in [0.4, 0.5) is 5.69 Å². The number of nitrogen functional groups attached to an aromatic ring is 1. The molecule has 0 fully saturated rings. The smallest absolute Gasteiger partial charge is 0.128 e. The second kappa shape index (κ2) is 3.46. The van der Waals surface area contributed by atoms with Crippen LogP contribution in [0.3, 0.4) is 0 Å². The summed E-state index contributed by atoms with van der Waals surface area (Å²) in [5, 5.41) is 0.918. The van der Waals surface area contributed by atoms with Crippen molar-refractivity contribution in [2.75, 3.05) is 12.8 Å². The van der Waals surface area contributed by atoms with Gasteiger partial charge in [-0.05, 0) is 34.1 Å². The average molecular weight is 253 g/mol. The molecule has 72 valence electrons. The molecule has 2 rings (SSSR count). The molecule has 0 unspecified atom stereocenters. The molecule has 3 nitrogen and oxygen atoms in total. The number of hydrogen-bond acceptors (Lipinski definition) is 3. The summed E-state index contributed by atoms with van der Waals surface area (Å²) in [6, 6.07) is 5.64. The van der Waals surface area contributed by atoms with Crippen LogP contribution >= 0.6 is 15.9 Å². The van der Waals surface area contributed by atoms with Crippen molar-refractivity contribution < 1.29 is 4.74 Å². The Labute approximate surface area is 90.0 Å². The SMILES string of the molecule is COc1ccc(Br)c2ncc(N)cc12. The Kier molecular flexibility index (Phi) is 2.29. The molecule has 0 aliphatic carbocycles. The van der Waals surface area contributed by atoms with Crippen LogP contribution in [0, 0.1) is 0 Å². The lowest BCUT2D eigenvalue weighted by molar-refractivity contribution is 0.419. The fourth-order valence-electron chi connectivity index (χ4n) is 1.35. The number of nitrogens with zero attached hydrogens (tertiary/aromatic N) is 1. The molecule has 1 aromatic carbocycles. The van der Waals surface area contributed by atoms with Crippen LogP contribution in [-0.2, 0) is 0 Å². The van der Waals surface area contributed by atoms with Crippen molar-refractivity contribution in [3.63, 3.8) is 0 Å². The van der Waals surface area contributed by atoms with E-state index in [2.05, 4.69) is 20.9 Å². The molecule has 1 aromatic heterocycles. The molecule has 14 heavy (non-hydrogen) atoms. The number of fused-ring (bicyclic) bond motifs is 1. The van der Waals surface area contributed by atoms with Gasteiger partial charge in [0.25, 0.3) is 0 Å². The van der Waals surface area contributed by atoms with Crippen molar-refractivity contribution in [1.82, 2.24) is 4.98 Å². The fourth-order valence-corrected chi connectivity index (χ4v) is 1.80. The number of halogens is 1. The molecule has 0 atom stereocenters. The van der Waals surface area contributed by atoms with E-state index < -0.39 is 0 Å². The van der Waals surface area contributed by atoms with Crippen molar-refractivity contribution >= 4 is 32.5 Å². The van der Waals surface area contributed by atoms with E-state index >= 15 is 0 Å². The molecule has 0 amide bonds. The number of nitrogens with two attached hydrogens (primary N) is 1. The second-order valence-electron chi connectivity index (χ2n) is 2.91. The summed E-state index contributed by atoms with van der Waals surface area (Å²) in [7, 11) is 1.63. The molecule has 0 radical (unpaired) electrons. The van der Waals surface area contributed by atoms with Gasteiger partial charge in [0.1, 0.15) is 5.75 Å². The minimum atomic E-state index is 0.633. The summed E-state index contributed by atoms with van der Waals surface area (Å²) >= 11 is 3.43. The van der Waals surface area contributed by atoms with Crippen LogP contribution in [0.2, 0.25) is 0 Å². The third kappa shape index (κ3) is 1.42. The number of rotatable bonds is 1. The highest BCUT2D eigenvalue weighted by atomic mass is 79.9. The topological polar surface area (TPSA) is 48.1 Å². The predicted molar refractivity (Wildman–Crippen MR) is 60.4 cm³/mol. The molecule has 0 spiro atoms. The standard InChI is InChI=1S/C10H9BrN2O/c1-14-9-3-2-8(11)10-7(9)4-6(12)5-13-10/h2-5H,12H2,1H3. The van der Waals surface area contributed by atoms with Crippen molar-refractivity contribution in [2.45, 2.75) is 0 Å². The number of benzene rings is 1. The number of pyridine rings is 1. The number of methoxy groups -OCH3 is 1. The Morgan fingerprint density at radius 1 is 1.43 bits per heavy atom. The lowest BCUT2D eigenvalue weighted by atomic mass is 10.2. The lowest BCUT2D eigenvalue weighted by Crippen LogP contribution is -1.91. The van der Waals surface area contributed by atoms with E-state index in [4.69, 9.17) is 10.5 Å². The van der Waals surface area contributed by atoms with Gasteiger partial charge in [0, 0.05) is 9.86 Å². The van der Waals surface area contributed by atoms with Crippen LogP contribution < -0.4 is 10.5 Å². The van der Waals surface area contributed by atoms with Gasteiger partial charge in [-0.1, -0.05) is 0 Å². The molecule has 2 aromatic rings. The molecule has 0 saturated carbocycles. The third-order valence-electron chi connectivity index (χ3n) is 2.00. The maximum atomic E-state index is 5.66. The molecule has 4 heteroatoms. The molecule has 1 heterocycles. The number of hydrogen-bond donors (Lipinski definition) is 1. The highest BCUT2D eigenvalue weighted by Crippen LogP contribution is 2.30. The maximum absolute atomic E-state index is 5.66. The van der Waals surface area contributed by atoms with Crippen LogP contribution in [0.25, 0.3) is 10.9 Å². The molecule has 0 saturated heterocycles. The lowest BCUT2D eigenvalue weighted by Gasteiger charge is -2.06. The third-order valence-corrected chi connectivity index (χ3v) is 2.64. The van der Waals surface area contributed by atoms with E-state index in [0.717, 1.165) is 21.1 Å². The van der Waals surface area contributed by atoms with Gasteiger partial charge >= 0.3 is 0 Å². The van der Waals surface area contributed by atoms with Gasteiger partial charge in [-0.15, -0.1) is 0 Å². The summed E-state index contributed by atoms with van der Waals surface area (Å²) < 4.78 is 6.16. The Morgan fingerprint density at radius 2 is 2.21 bits per heavy atom. The average Bonchev–Trinajstić information content (AvgIpc) is 2.18. The number of anilines is 1. The first-order valence-electron chi connectivity index (χ1n) is 4.10. The first kappa shape index (κ1) is 9.27. The van der Waals surface area contributed by atoms with Crippen LogP contribution in [0.15, 0.2) is 28.9 Å².